The van der Waals surface area contributed by atoms with E-state index >= 15 is 0 Å². The fraction of sp³-hybridized carbons (Fsp3) is 0. The van der Waals surface area contributed by atoms with Gasteiger partial charge in [0.1, 0.15) is 22.4 Å². The van der Waals surface area contributed by atoms with Crippen LogP contribution in [-0.4, -0.2) is 18.9 Å². The lowest BCUT2D eigenvalue weighted by atomic mass is 9.99. The molecule has 0 fully saturated rings. The van der Waals surface area contributed by atoms with Gasteiger partial charge in [0.05, 0.1) is 16.6 Å². The molecule has 226 valence electrons. The van der Waals surface area contributed by atoms with Gasteiger partial charge in [0.15, 0.2) is 5.58 Å². The number of nitrogens with zero attached hydrogens (tertiary/aromatic N) is 4. The molecule has 49 heavy (non-hydrogen) atoms. The molecule has 5 heterocycles. The van der Waals surface area contributed by atoms with Crippen LogP contribution in [0.1, 0.15) is 0 Å². The minimum Gasteiger partial charge on any atom is -0.452 e. The summed E-state index contributed by atoms with van der Waals surface area (Å²) in [5.74, 6) is 0.614. The van der Waals surface area contributed by atoms with E-state index < -0.39 is 0 Å². The molecule has 0 aliphatic carbocycles. The van der Waals surface area contributed by atoms with Gasteiger partial charge in [-0.25, -0.2) is 9.97 Å². The minimum atomic E-state index is 0.614. The summed E-state index contributed by atoms with van der Waals surface area (Å²) < 4.78 is 11.2. The normalized spacial score (nSPS) is 12.5. The quantitative estimate of drug-likeness (QED) is 0.192. The van der Waals surface area contributed by atoms with Gasteiger partial charge in [-0.3, -0.25) is 8.97 Å². The van der Waals surface area contributed by atoms with E-state index in [2.05, 4.69) is 118 Å². The number of para-hydroxylation sites is 2. The highest BCUT2D eigenvalue weighted by Gasteiger charge is 2.28. The first-order valence-electron chi connectivity index (χ1n) is 16.6. The van der Waals surface area contributed by atoms with Crippen molar-refractivity contribution in [1.82, 2.24) is 18.9 Å². The second-order valence-electron chi connectivity index (χ2n) is 13.0. The minimum absolute atomic E-state index is 0.614. The molecule has 0 amide bonds. The number of furan rings is 1. The maximum atomic E-state index is 6.50. The van der Waals surface area contributed by atoms with Crippen molar-refractivity contribution < 1.29 is 4.42 Å². The third-order valence-corrected chi connectivity index (χ3v) is 10.4. The van der Waals surface area contributed by atoms with Crippen LogP contribution in [0.3, 0.4) is 0 Å². The van der Waals surface area contributed by atoms with E-state index in [4.69, 9.17) is 14.4 Å². The van der Waals surface area contributed by atoms with Crippen molar-refractivity contribution in [3.05, 3.63) is 146 Å². The molecule has 5 heteroatoms. The molecule has 5 aromatic heterocycles. The lowest BCUT2D eigenvalue weighted by molar-refractivity contribution is 0.666. The Morgan fingerprint density at radius 2 is 1.16 bits per heavy atom. The molecule has 0 saturated carbocycles. The fourth-order valence-corrected chi connectivity index (χ4v) is 8.36. The van der Waals surface area contributed by atoms with Crippen molar-refractivity contribution in [2.75, 3.05) is 0 Å². The maximum Gasteiger partial charge on any atom is 0.237 e. The summed E-state index contributed by atoms with van der Waals surface area (Å²) in [7, 11) is 0. The molecule has 0 atom stereocenters. The Hall–Kier alpha value is -6.72. The van der Waals surface area contributed by atoms with E-state index in [-0.39, 0.29) is 0 Å². The van der Waals surface area contributed by atoms with Crippen molar-refractivity contribution in [2.24, 2.45) is 0 Å². The van der Waals surface area contributed by atoms with E-state index in [1.54, 1.807) is 0 Å². The maximum absolute atomic E-state index is 6.50. The van der Waals surface area contributed by atoms with Crippen LogP contribution in [0, 0.1) is 0 Å². The molecule has 7 aromatic carbocycles. The second kappa shape index (κ2) is 9.00. The lowest BCUT2D eigenvalue weighted by Crippen LogP contribution is -2.04. The number of rotatable bonds is 2. The van der Waals surface area contributed by atoms with Crippen molar-refractivity contribution in [3.8, 4) is 17.2 Å². The topological polar surface area (TPSA) is 48.3 Å². The third-order valence-electron chi connectivity index (χ3n) is 10.4. The van der Waals surface area contributed by atoms with Crippen LogP contribution in [0.5, 0.6) is 0 Å². The van der Waals surface area contributed by atoms with Gasteiger partial charge in [0.2, 0.25) is 5.95 Å². The van der Waals surface area contributed by atoms with Crippen LogP contribution in [0.25, 0.3) is 110 Å². The van der Waals surface area contributed by atoms with Gasteiger partial charge >= 0.3 is 0 Å². The molecule has 0 saturated heterocycles. The fourth-order valence-electron chi connectivity index (χ4n) is 8.36. The highest BCUT2D eigenvalue weighted by atomic mass is 16.3. The Labute approximate surface area is 278 Å². The summed E-state index contributed by atoms with van der Waals surface area (Å²) in [5.41, 5.74) is 8.58. The smallest absolute Gasteiger partial charge is 0.237 e. The average Bonchev–Trinajstić information content (AvgIpc) is 3.89. The van der Waals surface area contributed by atoms with E-state index in [0.29, 0.717) is 11.5 Å². The first kappa shape index (κ1) is 25.4. The van der Waals surface area contributed by atoms with Crippen LogP contribution < -0.4 is 0 Å². The number of hydrogen-bond acceptors (Lipinski definition) is 3. The molecule has 0 aliphatic rings. The van der Waals surface area contributed by atoms with Crippen LogP contribution in [0.15, 0.2) is 150 Å². The second-order valence-corrected chi connectivity index (χ2v) is 13.0. The molecular weight excluding hydrogens is 601 g/mol. The SMILES string of the molecule is c1ccc(-c2nc(-n3c4cc5ccccc5cc4c4c5cc6ccccc6c6c7ccccc7n(c56)c43)nc3c2oc2ccccc23)cc1. The first-order valence-corrected chi connectivity index (χ1v) is 16.6. The molecule has 5 nitrogen and oxygen atoms in total. The molecule has 0 unspecified atom stereocenters. The predicted octanol–water partition coefficient (Wildman–Crippen LogP) is 11.4. The van der Waals surface area contributed by atoms with Crippen molar-refractivity contribution in [2.45, 2.75) is 0 Å². The highest BCUT2D eigenvalue weighted by Crippen LogP contribution is 2.47. The third kappa shape index (κ3) is 3.19. The molecule has 0 bridgehead atoms. The van der Waals surface area contributed by atoms with E-state index in [1.807, 2.05) is 36.4 Å². The van der Waals surface area contributed by atoms with Gasteiger partial charge in [-0.05, 0) is 57.9 Å². The van der Waals surface area contributed by atoms with E-state index in [9.17, 15) is 0 Å². The molecule has 0 radical (unpaired) electrons. The number of fused-ring (bicyclic) bond motifs is 14. The molecule has 0 aliphatic heterocycles. The Bertz CT molecular complexity index is 3330. The molecule has 0 N–H and O–H groups in total. The highest BCUT2D eigenvalue weighted by molar-refractivity contribution is 6.35. The summed E-state index contributed by atoms with van der Waals surface area (Å²) in [6.45, 7) is 0. The Kier molecular flexibility index (Phi) is 4.66. The van der Waals surface area contributed by atoms with Crippen LogP contribution in [0.2, 0.25) is 0 Å². The van der Waals surface area contributed by atoms with Crippen LogP contribution in [0.4, 0.5) is 0 Å². The van der Waals surface area contributed by atoms with Crippen molar-refractivity contribution >= 4 is 92.7 Å². The summed E-state index contributed by atoms with van der Waals surface area (Å²) in [6.07, 6.45) is 0. The molecule has 12 aromatic rings. The number of aromatic nitrogens is 4. The van der Waals surface area contributed by atoms with Crippen LogP contribution >= 0.6 is 0 Å². The number of benzene rings is 7. The Morgan fingerprint density at radius 3 is 2.02 bits per heavy atom. The van der Waals surface area contributed by atoms with Gasteiger partial charge in [-0.15, -0.1) is 0 Å². The van der Waals surface area contributed by atoms with Gasteiger partial charge in [0.25, 0.3) is 0 Å². The zero-order valence-electron chi connectivity index (χ0n) is 26.1. The van der Waals surface area contributed by atoms with Crippen LogP contribution in [-0.2, 0) is 0 Å². The summed E-state index contributed by atoms with van der Waals surface area (Å²) >= 11 is 0. The Balaban J connectivity index is 1.36. The zero-order valence-corrected chi connectivity index (χ0v) is 26.1. The van der Waals surface area contributed by atoms with E-state index in [0.717, 1.165) is 38.9 Å². The van der Waals surface area contributed by atoms with Gasteiger partial charge in [0, 0.05) is 37.9 Å². The van der Waals surface area contributed by atoms with Gasteiger partial charge in [-0.2, -0.15) is 0 Å². The standard InChI is InChI=1S/C44H24N4O/c1-2-12-25(13-3-1)39-42-40(31-19-9-11-21-36(31)49-42)46-44(45-39)48-35-24-27-15-5-4-14-26(27)22-32(35)38-33-23-28-16-6-7-17-29(28)37-30-18-8-10-20-34(30)47(41(33)37)43(38)48/h1-24H. The lowest BCUT2D eigenvalue weighted by Gasteiger charge is -2.10. The molecule has 0 spiro atoms. The summed E-state index contributed by atoms with van der Waals surface area (Å²) in [6, 6.07) is 51.6. The monoisotopic (exact) mass is 624 g/mol. The number of hydrogen-bond donors (Lipinski definition) is 0. The van der Waals surface area contributed by atoms with Crippen molar-refractivity contribution in [1.29, 1.82) is 0 Å². The van der Waals surface area contributed by atoms with Gasteiger partial charge < -0.3 is 4.42 Å². The molecular formula is C44H24N4O. The van der Waals surface area contributed by atoms with Gasteiger partial charge in [-0.1, -0.05) is 109 Å². The largest absolute Gasteiger partial charge is 0.452 e. The first-order chi connectivity index (χ1) is 24.3. The Morgan fingerprint density at radius 1 is 0.490 bits per heavy atom. The average molecular weight is 625 g/mol. The van der Waals surface area contributed by atoms with Crippen molar-refractivity contribution in [3.63, 3.8) is 0 Å². The summed E-state index contributed by atoms with van der Waals surface area (Å²) in [5, 5.41) is 12.0. The molecule has 12 rings (SSSR count). The zero-order chi connectivity index (χ0) is 31.8. The van der Waals surface area contributed by atoms with E-state index in [1.165, 1.54) is 59.5 Å². The summed E-state index contributed by atoms with van der Waals surface area (Å²) in [4.78, 5) is 10.8. The predicted molar refractivity (Wildman–Crippen MR) is 201 cm³/mol.